The van der Waals surface area contributed by atoms with Crippen LogP contribution in [0.4, 0.5) is 0 Å². The number of carbonyl (C=O) groups is 1. The molecule has 1 amide bonds. The molecule has 0 saturated heterocycles. The largest absolute Gasteiger partial charge is 0.395 e. The first-order valence-corrected chi connectivity index (χ1v) is 6.68. The summed E-state index contributed by atoms with van der Waals surface area (Å²) in [6.45, 7) is 4.40. The van der Waals surface area contributed by atoms with Gasteiger partial charge in [-0.15, -0.1) is 0 Å². The number of amides is 1. The molecule has 0 unspecified atom stereocenters. The molecule has 0 aliphatic heterocycles. The minimum Gasteiger partial charge on any atom is -0.395 e. The highest BCUT2D eigenvalue weighted by Gasteiger charge is 2.14. The Hall–Kier alpha value is -0.610. The highest BCUT2D eigenvalue weighted by Crippen LogP contribution is 2.07. The van der Waals surface area contributed by atoms with Crippen molar-refractivity contribution in [2.75, 3.05) is 19.7 Å². The Balaban J connectivity index is 3.80. The summed E-state index contributed by atoms with van der Waals surface area (Å²) in [6.07, 6.45) is 5.58. The van der Waals surface area contributed by atoms with Crippen molar-refractivity contribution in [1.82, 2.24) is 4.90 Å². The van der Waals surface area contributed by atoms with Crippen molar-refractivity contribution >= 4 is 5.91 Å². The van der Waals surface area contributed by atoms with Crippen molar-refractivity contribution in [2.45, 2.75) is 58.5 Å². The number of nitrogens with zero attached hydrogens (tertiary/aromatic N) is 1. The van der Waals surface area contributed by atoms with Crippen molar-refractivity contribution in [1.29, 1.82) is 0 Å². The predicted molar refractivity (Wildman–Crippen MR) is 68.7 cm³/mol. The Morgan fingerprint density at radius 3 is 2.41 bits per heavy atom. The van der Waals surface area contributed by atoms with Crippen LogP contribution >= 0.6 is 0 Å². The zero-order valence-electron chi connectivity index (χ0n) is 11.2. The molecule has 0 radical (unpaired) electrons. The minimum absolute atomic E-state index is 0.0384. The summed E-state index contributed by atoms with van der Waals surface area (Å²) in [7, 11) is 0. The number of aliphatic hydroxyl groups excluding tert-OH is 2. The lowest BCUT2D eigenvalue weighted by molar-refractivity contribution is -0.133. The van der Waals surface area contributed by atoms with Gasteiger partial charge in [0.15, 0.2) is 0 Å². The van der Waals surface area contributed by atoms with Crippen LogP contribution in [0.15, 0.2) is 0 Å². The van der Waals surface area contributed by atoms with Gasteiger partial charge in [0.05, 0.1) is 12.7 Å². The minimum atomic E-state index is -0.536. The van der Waals surface area contributed by atoms with E-state index in [0.29, 0.717) is 19.5 Å². The molecule has 0 aromatic rings. The van der Waals surface area contributed by atoms with E-state index in [4.69, 9.17) is 5.11 Å². The SMILES string of the molecule is CCCCCCCC(=O)N(CCO)C[C@H](C)O. The molecule has 0 bridgehead atoms. The van der Waals surface area contributed by atoms with Gasteiger partial charge < -0.3 is 15.1 Å². The van der Waals surface area contributed by atoms with E-state index < -0.39 is 6.10 Å². The first kappa shape index (κ1) is 16.4. The molecule has 0 aromatic carbocycles. The molecule has 0 rings (SSSR count). The van der Waals surface area contributed by atoms with Gasteiger partial charge in [-0.25, -0.2) is 0 Å². The fraction of sp³-hybridized carbons (Fsp3) is 0.923. The molecule has 0 spiro atoms. The van der Waals surface area contributed by atoms with Gasteiger partial charge in [-0.2, -0.15) is 0 Å². The smallest absolute Gasteiger partial charge is 0.222 e. The van der Waals surface area contributed by atoms with Gasteiger partial charge in [-0.05, 0) is 13.3 Å². The monoisotopic (exact) mass is 245 g/mol. The maximum Gasteiger partial charge on any atom is 0.222 e. The molecular formula is C13H27NO3. The standard InChI is InChI=1S/C13H27NO3/c1-3-4-5-6-7-8-13(17)14(9-10-15)11-12(2)16/h12,15-16H,3-11H2,1-2H3/t12-/m0/s1. The third kappa shape index (κ3) is 9.12. The Labute approximate surface area is 105 Å². The number of hydrogen-bond acceptors (Lipinski definition) is 3. The maximum atomic E-state index is 11.8. The van der Waals surface area contributed by atoms with Gasteiger partial charge in [0.2, 0.25) is 5.91 Å². The number of hydrogen-bond donors (Lipinski definition) is 2. The van der Waals surface area contributed by atoms with Crippen LogP contribution in [0.2, 0.25) is 0 Å². The summed E-state index contributed by atoms with van der Waals surface area (Å²) >= 11 is 0. The Morgan fingerprint density at radius 1 is 1.24 bits per heavy atom. The van der Waals surface area contributed by atoms with Gasteiger partial charge in [-0.1, -0.05) is 32.6 Å². The van der Waals surface area contributed by atoms with Crippen LogP contribution in [0.3, 0.4) is 0 Å². The topological polar surface area (TPSA) is 60.8 Å². The van der Waals surface area contributed by atoms with Crippen LogP contribution in [-0.4, -0.2) is 46.8 Å². The molecule has 17 heavy (non-hydrogen) atoms. The normalized spacial score (nSPS) is 12.5. The zero-order chi connectivity index (χ0) is 13.1. The van der Waals surface area contributed by atoms with E-state index in [1.54, 1.807) is 11.8 Å². The third-order valence-electron chi connectivity index (χ3n) is 2.70. The predicted octanol–water partition coefficient (Wildman–Crippen LogP) is 1.55. The van der Waals surface area contributed by atoms with Gasteiger partial charge in [0, 0.05) is 19.5 Å². The lowest BCUT2D eigenvalue weighted by atomic mass is 10.1. The number of rotatable bonds is 10. The maximum absolute atomic E-state index is 11.8. The third-order valence-corrected chi connectivity index (χ3v) is 2.70. The second-order valence-corrected chi connectivity index (χ2v) is 4.58. The summed E-state index contributed by atoms with van der Waals surface area (Å²) in [4.78, 5) is 13.4. The lowest BCUT2D eigenvalue weighted by Gasteiger charge is -2.23. The van der Waals surface area contributed by atoms with Crippen molar-refractivity contribution in [3.63, 3.8) is 0 Å². The van der Waals surface area contributed by atoms with Crippen LogP contribution in [0.25, 0.3) is 0 Å². The Bertz CT molecular complexity index is 195. The first-order chi connectivity index (χ1) is 8.11. The quantitative estimate of drug-likeness (QED) is 0.574. The summed E-state index contributed by atoms with van der Waals surface area (Å²) < 4.78 is 0. The zero-order valence-corrected chi connectivity index (χ0v) is 11.2. The molecule has 0 fully saturated rings. The second kappa shape index (κ2) is 10.5. The van der Waals surface area contributed by atoms with E-state index in [0.717, 1.165) is 12.8 Å². The van der Waals surface area contributed by atoms with E-state index in [2.05, 4.69) is 6.92 Å². The highest BCUT2D eigenvalue weighted by molar-refractivity contribution is 5.76. The Kier molecular flexibility index (Phi) is 10.2. The summed E-state index contributed by atoms with van der Waals surface area (Å²) in [5.74, 6) is 0.0384. The van der Waals surface area contributed by atoms with Crippen LogP contribution in [0.5, 0.6) is 0 Å². The van der Waals surface area contributed by atoms with E-state index >= 15 is 0 Å². The van der Waals surface area contributed by atoms with Crippen molar-refractivity contribution in [2.24, 2.45) is 0 Å². The molecule has 1 atom stereocenters. The summed E-state index contributed by atoms with van der Waals surface area (Å²) in [5, 5.41) is 18.1. The number of unbranched alkanes of at least 4 members (excludes halogenated alkanes) is 4. The number of aliphatic hydroxyl groups is 2. The van der Waals surface area contributed by atoms with E-state index in [9.17, 15) is 9.90 Å². The van der Waals surface area contributed by atoms with Crippen LogP contribution in [-0.2, 0) is 4.79 Å². The molecule has 0 aliphatic carbocycles. The first-order valence-electron chi connectivity index (χ1n) is 6.68. The average molecular weight is 245 g/mol. The van der Waals surface area contributed by atoms with Crippen LogP contribution in [0.1, 0.15) is 52.4 Å². The molecule has 102 valence electrons. The molecular weight excluding hydrogens is 218 g/mol. The summed E-state index contributed by atoms with van der Waals surface area (Å²) in [6, 6.07) is 0. The van der Waals surface area contributed by atoms with Crippen molar-refractivity contribution < 1.29 is 15.0 Å². The Morgan fingerprint density at radius 2 is 1.88 bits per heavy atom. The molecule has 0 heterocycles. The second-order valence-electron chi connectivity index (χ2n) is 4.58. The summed E-state index contributed by atoms with van der Waals surface area (Å²) in [5.41, 5.74) is 0. The molecule has 4 nitrogen and oxygen atoms in total. The van der Waals surface area contributed by atoms with E-state index in [1.165, 1.54) is 19.3 Å². The van der Waals surface area contributed by atoms with E-state index in [-0.39, 0.29) is 12.5 Å². The number of carbonyl (C=O) groups excluding carboxylic acids is 1. The molecule has 0 aliphatic rings. The van der Waals surface area contributed by atoms with Gasteiger partial charge >= 0.3 is 0 Å². The molecule has 2 N–H and O–H groups in total. The fourth-order valence-electron chi connectivity index (χ4n) is 1.80. The van der Waals surface area contributed by atoms with E-state index in [1.807, 2.05) is 0 Å². The lowest BCUT2D eigenvalue weighted by Crippen LogP contribution is -2.38. The fourth-order valence-corrected chi connectivity index (χ4v) is 1.80. The van der Waals surface area contributed by atoms with Gasteiger partial charge in [0.25, 0.3) is 0 Å². The average Bonchev–Trinajstić information content (AvgIpc) is 2.27. The van der Waals surface area contributed by atoms with Crippen molar-refractivity contribution in [3.05, 3.63) is 0 Å². The highest BCUT2D eigenvalue weighted by atomic mass is 16.3. The molecule has 0 aromatic heterocycles. The van der Waals surface area contributed by atoms with Crippen LogP contribution in [0, 0.1) is 0 Å². The van der Waals surface area contributed by atoms with Gasteiger partial charge in [0.1, 0.15) is 0 Å². The molecule has 4 heteroatoms. The van der Waals surface area contributed by atoms with Crippen LogP contribution < -0.4 is 0 Å². The van der Waals surface area contributed by atoms with Crippen molar-refractivity contribution in [3.8, 4) is 0 Å². The van der Waals surface area contributed by atoms with Gasteiger partial charge in [-0.3, -0.25) is 4.79 Å². The molecule has 0 saturated carbocycles.